The van der Waals surface area contributed by atoms with Gasteiger partial charge in [0, 0.05) is 25.0 Å². The molecule has 1 aromatic carbocycles. The van der Waals surface area contributed by atoms with Crippen molar-refractivity contribution >= 4 is 17.3 Å². The topological polar surface area (TPSA) is 43.4 Å². The number of halogens is 1. The maximum absolute atomic E-state index is 5.98. The predicted molar refractivity (Wildman–Crippen MR) is 76.2 cm³/mol. The third kappa shape index (κ3) is 4.03. The molecule has 1 N–H and O–H groups in total. The van der Waals surface area contributed by atoms with Gasteiger partial charge in [0.25, 0.3) is 0 Å². The van der Waals surface area contributed by atoms with Crippen LogP contribution in [0.3, 0.4) is 0 Å². The molecule has 0 unspecified atom stereocenters. The van der Waals surface area contributed by atoms with Gasteiger partial charge in [-0.1, -0.05) is 17.7 Å². The summed E-state index contributed by atoms with van der Waals surface area (Å²) in [6.07, 6.45) is 3.30. The summed E-state index contributed by atoms with van der Waals surface area (Å²) in [6.45, 7) is 1.19. The van der Waals surface area contributed by atoms with Crippen molar-refractivity contribution in [1.82, 2.24) is 4.98 Å². The van der Waals surface area contributed by atoms with Crippen LogP contribution >= 0.6 is 11.6 Å². The van der Waals surface area contributed by atoms with Crippen molar-refractivity contribution in [1.29, 1.82) is 0 Å². The van der Waals surface area contributed by atoms with E-state index in [2.05, 4.69) is 10.3 Å². The number of methoxy groups -OCH3 is 1. The van der Waals surface area contributed by atoms with E-state index >= 15 is 0 Å². The van der Waals surface area contributed by atoms with E-state index in [1.165, 1.54) is 0 Å². The Bertz CT molecular complexity index is 534. The lowest BCUT2D eigenvalue weighted by molar-refractivity contribution is 0.329. The molecule has 0 atom stereocenters. The molecule has 0 bridgehead atoms. The molecular weight excluding hydrogens is 264 g/mol. The number of hydrogen-bond acceptors (Lipinski definition) is 4. The van der Waals surface area contributed by atoms with E-state index < -0.39 is 0 Å². The number of aromatic nitrogens is 1. The van der Waals surface area contributed by atoms with Crippen molar-refractivity contribution in [3.05, 3.63) is 47.7 Å². The van der Waals surface area contributed by atoms with E-state index in [0.717, 1.165) is 17.2 Å². The Morgan fingerprint density at radius 2 is 2.11 bits per heavy atom. The molecule has 2 aromatic rings. The zero-order valence-electron chi connectivity index (χ0n) is 10.6. The third-order valence-electron chi connectivity index (χ3n) is 2.50. The van der Waals surface area contributed by atoms with Gasteiger partial charge in [-0.05, 0) is 18.2 Å². The van der Waals surface area contributed by atoms with Gasteiger partial charge in [0.15, 0.2) is 0 Å². The number of anilines is 1. The molecule has 0 aliphatic heterocycles. The van der Waals surface area contributed by atoms with E-state index in [4.69, 9.17) is 21.1 Å². The van der Waals surface area contributed by atoms with E-state index in [1.807, 2.05) is 30.3 Å². The van der Waals surface area contributed by atoms with Crippen LogP contribution in [0.5, 0.6) is 11.5 Å². The number of hydrogen-bond donors (Lipinski definition) is 1. The quantitative estimate of drug-likeness (QED) is 0.824. The molecule has 2 rings (SSSR count). The summed E-state index contributed by atoms with van der Waals surface area (Å²) in [5, 5.41) is 3.78. The molecule has 100 valence electrons. The van der Waals surface area contributed by atoms with Gasteiger partial charge in [0.2, 0.25) is 0 Å². The van der Waals surface area contributed by atoms with Crippen LogP contribution in [0.2, 0.25) is 5.02 Å². The van der Waals surface area contributed by atoms with E-state index in [9.17, 15) is 0 Å². The molecule has 0 radical (unpaired) electrons. The highest BCUT2D eigenvalue weighted by atomic mass is 35.5. The van der Waals surface area contributed by atoms with Gasteiger partial charge in [-0.2, -0.15) is 0 Å². The van der Waals surface area contributed by atoms with Gasteiger partial charge in [-0.15, -0.1) is 0 Å². The van der Waals surface area contributed by atoms with Crippen LogP contribution in [0.1, 0.15) is 0 Å². The van der Waals surface area contributed by atoms with Gasteiger partial charge in [-0.3, -0.25) is 4.98 Å². The van der Waals surface area contributed by atoms with Crippen molar-refractivity contribution in [3.8, 4) is 11.5 Å². The second-order valence-electron chi connectivity index (χ2n) is 3.81. The van der Waals surface area contributed by atoms with Gasteiger partial charge in [0.05, 0.1) is 17.8 Å². The fourth-order valence-electron chi connectivity index (χ4n) is 1.56. The molecule has 0 saturated carbocycles. The summed E-state index contributed by atoms with van der Waals surface area (Å²) < 4.78 is 10.7. The molecule has 0 aliphatic carbocycles. The first kappa shape index (κ1) is 13.5. The highest BCUT2D eigenvalue weighted by Gasteiger charge is 1.99. The van der Waals surface area contributed by atoms with Crippen LogP contribution in [0.25, 0.3) is 0 Å². The second-order valence-corrected chi connectivity index (χ2v) is 4.22. The van der Waals surface area contributed by atoms with E-state index in [0.29, 0.717) is 18.2 Å². The molecule has 0 aliphatic rings. The minimum absolute atomic E-state index is 0.534. The van der Waals surface area contributed by atoms with Gasteiger partial charge >= 0.3 is 0 Å². The summed E-state index contributed by atoms with van der Waals surface area (Å²) in [4.78, 5) is 3.92. The Labute approximate surface area is 117 Å². The molecule has 19 heavy (non-hydrogen) atoms. The van der Waals surface area contributed by atoms with Gasteiger partial charge < -0.3 is 14.8 Å². The standard InChI is InChI=1S/C14H15ClN2O2/c1-18-11-3-2-4-12(9-11)19-8-7-17-14-5-6-16-10-13(14)15/h2-6,9-10H,7-8H2,1H3,(H,16,17). The summed E-state index contributed by atoms with van der Waals surface area (Å²) in [5.74, 6) is 1.56. The fraction of sp³-hybridized carbons (Fsp3) is 0.214. The van der Waals surface area contributed by atoms with Gasteiger partial charge in [0.1, 0.15) is 18.1 Å². The average Bonchev–Trinajstić information content (AvgIpc) is 2.45. The van der Waals surface area contributed by atoms with Crippen molar-refractivity contribution < 1.29 is 9.47 Å². The smallest absolute Gasteiger partial charge is 0.123 e. The predicted octanol–water partition coefficient (Wildman–Crippen LogP) is 3.23. The fourth-order valence-corrected chi connectivity index (χ4v) is 1.75. The molecule has 1 aromatic heterocycles. The Hall–Kier alpha value is -1.94. The molecular formula is C14H15ClN2O2. The van der Waals surface area contributed by atoms with Crippen molar-refractivity contribution in [2.24, 2.45) is 0 Å². The van der Waals surface area contributed by atoms with Crippen LogP contribution < -0.4 is 14.8 Å². The molecule has 1 heterocycles. The minimum Gasteiger partial charge on any atom is -0.497 e. The zero-order valence-corrected chi connectivity index (χ0v) is 11.4. The Balaban J connectivity index is 1.79. The van der Waals surface area contributed by atoms with Crippen LogP contribution in [-0.4, -0.2) is 25.2 Å². The minimum atomic E-state index is 0.534. The molecule has 0 fully saturated rings. The maximum Gasteiger partial charge on any atom is 0.123 e. The van der Waals surface area contributed by atoms with Crippen LogP contribution in [-0.2, 0) is 0 Å². The lowest BCUT2D eigenvalue weighted by Crippen LogP contribution is -2.11. The largest absolute Gasteiger partial charge is 0.497 e. The summed E-state index contributed by atoms with van der Waals surface area (Å²) in [7, 11) is 1.63. The van der Waals surface area contributed by atoms with Crippen LogP contribution in [0.4, 0.5) is 5.69 Å². The number of rotatable bonds is 6. The zero-order chi connectivity index (χ0) is 13.5. The Kier molecular flexibility index (Phi) is 4.86. The molecule has 0 spiro atoms. The van der Waals surface area contributed by atoms with Gasteiger partial charge in [-0.25, -0.2) is 0 Å². The number of nitrogens with zero attached hydrogens (tertiary/aromatic N) is 1. The lowest BCUT2D eigenvalue weighted by Gasteiger charge is -2.10. The SMILES string of the molecule is COc1cccc(OCCNc2ccncc2Cl)c1. The third-order valence-corrected chi connectivity index (χ3v) is 2.80. The molecule has 0 saturated heterocycles. The summed E-state index contributed by atoms with van der Waals surface area (Å²) in [6, 6.07) is 9.33. The number of ether oxygens (including phenoxy) is 2. The summed E-state index contributed by atoms with van der Waals surface area (Å²) in [5.41, 5.74) is 0.853. The summed E-state index contributed by atoms with van der Waals surface area (Å²) >= 11 is 5.98. The molecule has 4 nitrogen and oxygen atoms in total. The molecule has 5 heteroatoms. The maximum atomic E-state index is 5.98. The number of pyridine rings is 1. The monoisotopic (exact) mass is 278 g/mol. The highest BCUT2D eigenvalue weighted by Crippen LogP contribution is 2.20. The first-order valence-corrected chi connectivity index (χ1v) is 6.27. The first-order chi connectivity index (χ1) is 9.29. The van der Waals surface area contributed by atoms with Crippen LogP contribution in [0, 0.1) is 0 Å². The highest BCUT2D eigenvalue weighted by molar-refractivity contribution is 6.33. The first-order valence-electron chi connectivity index (χ1n) is 5.90. The lowest BCUT2D eigenvalue weighted by atomic mass is 10.3. The second kappa shape index (κ2) is 6.85. The van der Waals surface area contributed by atoms with Crippen molar-refractivity contribution in [2.45, 2.75) is 0 Å². The van der Waals surface area contributed by atoms with Crippen LogP contribution in [0.15, 0.2) is 42.7 Å². The van der Waals surface area contributed by atoms with E-state index in [1.54, 1.807) is 19.5 Å². The van der Waals surface area contributed by atoms with Crippen molar-refractivity contribution in [2.75, 3.05) is 25.6 Å². The Morgan fingerprint density at radius 1 is 1.26 bits per heavy atom. The number of benzene rings is 1. The molecule has 0 amide bonds. The normalized spacial score (nSPS) is 10.0. The Morgan fingerprint density at radius 3 is 2.89 bits per heavy atom. The van der Waals surface area contributed by atoms with Crippen molar-refractivity contribution in [3.63, 3.8) is 0 Å². The number of nitrogens with one attached hydrogen (secondary N) is 1. The average molecular weight is 279 g/mol. The van der Waals surface area contributed by atoms with E-state index in [-0.39, 0.29) is 0 Å².